The smallest absolute Gasteiger partial charge is 0.240 e. The molecule has 2 N–H and O–H groups in total. The topological polar surface area (TPSA) is 84.5 Å². The zero-order valence-electron chi connectivity index (χ0n) is 15.4. The lowest BCUT2D eigenvalue weighted by Crippen LogP contribution is -2.28. The van der Waals surface area contributed by atoms with Gasteiger partial charge in [-0.15, -0.1) is 0 Å². The van der Waals surface area contributed by atoms with Gasteiger partial charge in [-0.3, -0.25) is 4.79 Å². The molecule has 1 amide bonds. The number of ether oxygens (including phenoxy) is 1. The number of carbonyl (C=O) groups excluding carboxylic acids is 1. The van der Waals surface area contributed by atoms with Gasteiger partial charge >= 0.3 is 0 Å². The van der Waals surface area contributed by atoms with Crippen LogP contribution < -0.4 is 14.8 Å². The van der Waals surface area contributed by atoms with E-state index in [4.69, 9.17) is 4.74 Å². The first-order chi connectivity index (χ1) is 13.3. The van der Waals surface area contributed by atoms with Crippen molar-refractivity contribution in [2.75, 3.05) is 12.4 Å². The maximum Gasteiger partial charge on any atom is 0.240 e. The Bertz CT molecular complexity index is 1010. The molecule has 2 fully saturated rings. The molecule has 2 aliphatic rings. The fourth-order valence-corrected chi connectivity index (χ4v) is 4.82. The quantitative estimate of drug-likeness (QED) is 0.655. The molecule has 2 aromatic rings. The number of sulfonamides is 1. The average molecular weight is 465 g/mol. The third-order valence-electron chi connectivity index (χ3n) is 5.21. The molecular weight excluding hydrogens is 444 g/mol. The van der Waals surface area contributed by atoms with E-state index in [-0.39, 0.29) is 16.8 Å². The predicted octanol–water partition coefficient (Wildman–Crippen LogP) is 3.57. The van der Waals surface area contributed by atoms with Crippen LogP contribution in [0, 0.1) is 0 Å². The van der Waals surface area contributed by atoms with Gasteiger partial charge in [0.2, 0.25) is 15.9 Å². The van der Waals surface area contributed by atoms with Gasteiger partial charge in [-0.1, -0.05) is 28.1 Å². The normalized spacial score (nSPS) is 17.8. The van der Waals surface area contributed by atoms with Crippen LogP contribution >= 0.6 is 15.9 Å². The third kappa shape index (κ3) is 3.81. The Morgan fingerprint density at radius 2 is 1.82 bits per heavy atom. The molecular formula is C20H21BrN2O4S. The van der Waals surface area contributed by atoms with E-state index in [0.717, 1.165) is 35.7 Å². The summed E-state index contributed by atoms with van der Waals surface area (Å²) in [7, 11) is -2.13. The first-order valence-corrected chi connectivity index (χ1v) is 11.4. The summed E-state index contributed by atoms with van der Waals surface area (Å²) in [5, 5.41) is 2.89. The zero-order valence-corrected chi connectivity index (χ0v) is 17.8. The van der Waals surface area contributed by atoms with Crippen LogP contribution in [0.2, 0.25) is 0 Å². The van der Waals surface area contributed by atoms with Crippen molar-refractivity contribution in [2.24, 2.45) is 0 Å². The van der Waals surface area contributed by atoms with Crippen LogP contribution in [0.1, 0.15) is 31.2 Å². The molecule has 2 saturated carbocycles. The summed E-state index contributed by atoms with van der Waals surface area (Å²) >= 11 is 3.41. The van der Waals surface area contributed by atoms with Crippen molar-refractivity contribution >= 4 is 37.5 Å². The van der Waals surface area contributed by atoms with Crippen LogP contribution in [0.15, 0.2) is 51.8 Å². The summed E-state index contributed by atoms with van der Waals surface area (Å²) in [6.07, 6.45) is 3.22. The Kier molecular flexibility index (Phi) is 4.97. The van der Waals surface area contributed by atoms with Crippen LogP contribution in [-0.2, 0) is 20.2 Å². The molecule has 2 aromatic carbocycles. The molecule has 0 aliphatic heterocycles. The van der Waals surface area contributed by atoms with Crippen LogP contribution in [0.25, 0.3) is 0 Å². The fraction of sp³-hybridized carbons (Fsp3) is 0.350. The average Bonchev–Trinajstić information content (AvgIpc) is 3.57. The lowest BCUT2D eigenvalue weighted by atomic mass is 9.95. The van der Waals surface area contributed by atoms with Gasteiger partial charge < -0.3 is 10.1 Å². The molecule has 8 heteroatoms. The van der Waals surface area contributed by atoms with Crippen molar-refractivity contribution in [1.29, 1.82) is 0 Å². The number of anilines is 1. The van der Waals surface area contributed by atoms with Crippen LogP contribution in [0.5, 0.6) is 5.75 Å². The Balaban J connectivity index is 1.60. The Morgan fingerprint density at radius 1 is 1.14 bits per heavy atom. The zero-order chi connectivity index (χ0) is 19.9. The summed E-state index contributed by atoms with van der Waals surface area (Å²) in [5.41, 5.74) is 0.730. The van der Waals surface area contributed by atoms with E-state index in [1.54, 1.807) is 6.07 Å². The van der Waals surface area contributed by atoms with E-state index in [2.05, 4.69) is 26.0 Å². The number of amides is 1. The fourth-order valence-electron chi connectivity index (χ4n) is 3.22. The molecule has 0 radical (unpaired) electrons. The van der Waals surface area contributed by atoms with Gasteiger partial charge in [-0.25, -0.2) is 13.1 Å². The van der Waals surface area contributed by atoms with Gasteiger partial charge in [0.1, 0.15) is 5.75 Å². The van der Waals surface area contributed by atoms with Gasteiger partial charge in [0.15, 0.2) is 0 Å². The van der Waals surface area contributed by atoms with E-state index >= 15 is 0 Å². The van der Waals surface area contributed by atoms with Gasteiger partial charge in [-0.2, -0.15) is 0 Å². The summed E-state index contributed by atoms with van der Waals surface area (Å²) in [6.45, 7) is 0. The third-order valence-corrected chi connectivity index (χ3v) is 7.26. The number of hydrogen-bond acceptors (Lipinski definition) is 4. The number of benzene rings is 2. The summed E-state index contributed by atoms with van der Waals surface area (Å²) in [6, 6.07) is 12.2. The molecule has 6 nitrogen and oxygen atoms in total. The summed E-state index contributed by atoms with van der Waals surface area (Å²) in [4.78, 5) is 13.2. The minimum Gasteiger partial charge on any atom is -0.495 e. The number of halogens is 1. The minimum atomic E-state index is -3.62. The number of carbonyl (C=O) groups is 1. The standard InChI is InChI=1S/C20H21BrN2O4S/c1-27-18-9-8-16(28(25,26)23-15-6-7-15)12-17(18)22-19(24)20(10-11-20)13-2-4-14(21)5-3-13/h2-5,8-9,12,15,23H,6-7,10-11H2,1H3,(H,22,24). The highest BCUT2D eigenvalue weighted by Crippen LogP contribution is 2.49. The van der Waals surface area contributed by atoms with Crippen LogP contribution in [0.4, 0.5) is 5.69 Å². The number of methoxy groups -OCH3 is 1. The van der Waals surface area contributed by atoms with Crippen molar-refractivity contribution in [1.82, 2.24) is 4.72 Å². The van der Waals surface area contributed by atoms with Gasteiger partial charge in [0, 0.05) is 10.5 Å². The summed E-state index contributed by atoms with van der Waals surface area (Å²) in [5.74, 6) is 0.267. The van der Waals surface area contributed by atoms with Gasteiger partial charge in [0.25, 0.3) is 0 Å². The Hall–Kier alpha value is -1.90. The van der Waals surface area contributed by atoms with Crippen molar-refractivity contribution in [2.45, 2.75) is 42.0 Å². The van der Waals surface area contributed by atoms with Gasteiger partial charge in [0.05, 0.1) is 23.1 Å². The molecule has 148 valence electrons. The molecule has 0 atom stereocenters. The van der Waals surface area contributed by atoms with E-state index in [1.165, 1.54) is 19.2 Å². The SMILES string of the molecule is COc1ccc(S(=O)(=O)NC2CC2)cc1NC(=O)C1(c2ccc(Br)cc2)CC1. The van der Waals surface area contributed by atoms with Gasteiger partial charge in [-0.05, 0) is 61.6 Å². The van der Waals surface area contributed by atoms with E-state index in [0.29, 0.717) is 11.4 Å². The van der Waals surface area contributed by atoms with Crippen LogP contribution in [0.3, 0.4) is 0 Å². The molecule has 0 spiro atoms. The molecule has 0 heterocycles. The molecule has 2 aliphatic carbocycles. The van der Waals surface area contributed by atoms with Crippen LogP contribution in [-0.4, -0.2) is 27.5 Å². The minimum absolute atomic E-state index is 0.0114. The molecule has 0 aromatic heterocycles. The van der Waals surface area contributed by atoms with Crippen molar-refractivity contribution in [3.8, 4) is 5.75 Å². The second kappa shape index (κ2) is 7.17. The van der Waals surface area contributed by atoms with E-state index in [9.17, 15) is 13.2 Å². The largest absolute Gasteiger partial charge is 0.495 e. The Morgan fingerprint density at radius 3 is 2.39 bits per heavy atom. The van der Waals surface area contributed by atoms with E-state index < -0.39 is 15.4 Å². The second-order valence-corrected chi connectivity index (χ2v) is 9.93. The maximum atomic E-state index is 13.1. The monoisotopic (exact) mass is 464 g/mol. The van der Waals surface area contributed by atoms with Crippen molar-refractivity contribution in [3.05, 3.63) is 52.5 Å². The first kappa shape index (κ1) is 19.4. The highest BCUT2D eigenvalue weighted by atomic mass is 79.9. The lowest BCUT2D eigenvalue weighted by molar-refractivity contribution is -0.118. The summed E-state index contributed by atoms with van der Waals surface area (Å²) < 4.78 is 34.0. The molecule has 0 saturated heterocycles. The molecule has 4 rings (SSSR count). The Labute approximate surface area is 172 Å². The highest BCUT2D eigenvalue weighted by Gasteiger charge is 2.51. The molecule has 0 bridgehead atoms. The lowest BCUT2D eigenvalue weighted by Gasteiger charge is -2.18. The predicted molar refractivity (Wildman–Crippen MR) is 110 cm³/mol. The maximum absolute atomic E-state index is 13.1. The van der Waals surface area contributed by atoms with Crippen molar-refractivity contribution in [3.63, 3.8) is 0 Å². The molecule has 28 heavy (non-hydrogen) atoms. The van der Waals surface area contributed by atoms with Crippen molar-refractivity contribution < 1.29 is 17.9 Å². The first-order valence-electron chi connectivity index (χ1n) is 9.12. The second-order valence-electron chi connectivity index (χ2n) is 7.30. The van der Waals surface area contributed by atoms with E-state index in [1.807, 2.05) is 24.3 Å². The highest BCUT2D eigenvalue weighted by molar-refractivity contribution is 9.10. The number of rotatable bonds is 7. The number of hydrogen-bond donors (Lipinski definition) is 2. The number of nitrogens with one attached hydrogen (secondary N) is 2. The molecule has 0 unspecified atom stereocenters.